The smallest absolute Gasteiger partial charge is 0.251 e. The highest BCUT2D eigenvalue weighted by atomic mass is 35.5. The van der Waals surface area contributed by atoms with Crippen molar-refractivity contribution >= 4 is 23.4 Å². The molecule has 3 rings (SSSR count). The number of hydrogen-bond donors (Lipinski definition) is 2. The van der Waals surface area contributed by atoms with Gasteiger partial charge < -0.3 is 20.5 Å². The van der Waals surface area contributed by atoms with E-state index in [0.717, 1.165) is 24.2 Å². The molecule has 2 amide bonds. The quantitative estimate of drug-likeness (QED) is 0.571. The second-order valence-corrected chi connectivity index (χ2v) is 8.87. The van der Waals surface area contributed by atoms with Gasteiger partial charge in [0.2, 0.25) is 5.91 Å². The number of hydrogen-bond acceptors (Lipinski definition) is 4. The van der Waals surface area contributed by atoms with E-state index in [0.29, 0.717) is 16.3 Å². The van der Waals surface area contributed by atoms with Gasteiger partial charge in [-0.2, -0.15) is 0 Å². The SMILES string of the molecule is CC(C)Oc1ccc(C(=O)NC(Cc2ccc(OC3CCCCC3)cc2)C(N)=O)cc1Cl. The Morgan fingerprint density at radius 2 is 1.78 bits per heavy atom. The van der Waals surface area contributed by atoms with E-state index in [4.69, 9.17) is 26.8 Å². The Bertz CT molecular complexity index is 924. The van der Waals surface area contributed by atoms with Crippen LogP contribution >= 0.6 is 11.6 Å². The number of rotatable bonds is 9. The summed E-state index contributed by atoms with van der Waals surface area (Å²) < 4.78 is 11.6. The molecule has 0 aliphatic heterocycles. The average molecular weight is 459 g/mol. The van der Waals surface area contributed by atoms with Crippen LogP contribution in [0.4, 0.5) is 0 Å². The first kappa shape index (κ1) is 23.9. The van der Waals surface area contributed by atoms with Crippen LogP contribution in [0.3, 0.4) is 0 Å². The number of amides is 2. The number of ether oxygens (including phenoxy) is 2. The molecular weight excluding hydrogens is 428 g/mol. The number of carbonyl (C=O) groups is 2. The molecule has 0 saturated heterocycles. The molecule has 0 bridgehead atoms. The van der Waals surface area contributed by atoms with Crippen molar-refractivity contribution in [3.63, 3.8) is 0 Å². The van der Waals surface area contributed by atoms with Crippen LogP contribution in [-0.2, 0) is 11.2 Å². The molecule has 6 nitrogen and oxygen atoms in total. The topological polar surface area (TPSA) is 90.7 Å². The fraction of sp³-hybridized carbons (Fsp3) is 0.440. The first-order valence-corrected chi connectivity index (χ1v) is 11.5. The predicted molar refractivity (Wildman–Crippen MR) is 125 cm³/mol. The van der Waals surface area contributed by atoms with Gasteiger partial charge in [-0.1, -0.05) is 30.2 Å². The summed E-state index contributed by atoms with van der Waals surface area (Å²) in [5.41, 5.74) is 6.75. The fourth-order valence-corrected chi connectivity index (χ4v) is 4.00. The van der Waals surface area contributed by atoms with Gasteiger partial charge in [0.1, 0.15) is 17.5 Å². The van der Waals surface area contributed by atoms with Gasteiger partial charge in [-0.25, -0.2) is 0 Å². The molecule has 1 unspecified atom stereocenters. The van der Waals surface area contributed by atoms with Crippen molar-refractivity contribution in [1.82, 2.24) is 5.32 Å². The Kier molecular flexibility index (Phi) is 8.39. The zero-order valence-electron chi connectivity index (χ0n) is 18.6. The molecule has 172 valence electrons. The second-order valence-electron chi connectivity index (χ2n) is 8.47. The maximum absolute atomic E-state index is 12.7. The van der Waals surface area contributed by atoms with Gasteiger partial charge in [-0.3, -0.25) is 9.59 Å². The highest BCUT2D eigenvalue weighted by Crippen LogP contribution is 2.27. The highest BCUT2D eigenvalue weighted by Gasteiger charge is 2.21. The molecule has 1 aliphatic rings. The molecule has 0 spiro atoms. The molecule has 7 heteroatoms. The van der Waals surface area contributed by atoms with Crippen LogP contribution in [0.5, 0.6) is 11.5 Å². The number of carbonyl (C=O) groups excluding carboxylic acids is 2. The summed E-state index contributed by atoms with van der Waals surface area (Å²) in [5.74, 6) is 0.287. The van der Waals surface area contributed by atoms with Crippen molar-refractivity contribution in [2.45, 2.75) is 70.6 Å². The van der Waals surface area contributed by atoms with E-state index in [2.05, 4.69) is 5.32 Å². The Morgan fingerprint density at radius 1 is 1.09 bits per heavy atom. The van der Waals surface area contributed by atoms with Crippen LogP contribution in [0.15, 0.2) is 42.5 Å². The van der Waals surface area contributed by atoms with Crippen molar-refractivity contribution in [2.75, 3.05) is 0 Å². The zero-order chi connectivity index (χ0) is 23.1. The molecule has 1 aliphatic carbocycles. The lowest BCUT2D eigenvalue weighted by atomic mass is 9.98. The molecule has 1 saturated carbocycles. The average Bonchev–Trinajstić information content (AvgIpc) is 2.76. The van der Waals surface area contributed by atoms with Gasteiger partial charge >= 0.3 is 0 Å². The Morgan fingerprint density at radius 3 is 2.38 bits per heavy atom. The molecular formula is C25H31ClN2O4. The van der Waals surface area contributed by atoms with Gasteiger partial charge in [0.05, 0.1) is 17.2 Å². The van der Waals surface area contributed by atoms with Crippen LogP contribution in [0.25, 0.3) is 0 Å². The minimum atomic E-state index is -0.849. The third-order valence-corrected chi connectivity index (χ3v) is 5.72. The molecule has 3 N–H and O–H groups in total. The second kappa shape index (κ2) is 11.2. The van der Waals surface area contributed by atoms with Crippen LogP contribution in [0.2, 0.25) is 5.02 Å². The summed E-state index contributed by atoms with van der Waals surface area (Å²) >= 11 is 6.22. The van der Waals surface area contributed by atoms with E-state index in [1.807, 2.05) is 38.1 Å². The Labute approximate surface area is 194 Å². The number of halogens is 1. The summed E-state index contributed by atoms with van der Waals surface area (Å²) in [6, 6.07) is 11.5. The summed E-state index contributed by atoms with van der Waals surface area (Å²) in [7, 11) is 0. The normalized spacial score (nSPS) is 15.2. The fourth-order valence-electron chi connectivity index (χ4n) is 3.77. The van der Waals surface area contributed by atoms with Crippen molar-refractivity contribution < 1.29 is 19.1 Å². The van der Waals surface area contributed by atoms with Gasteiger partial charge in [0, 0.05) is 12.0 Å². The molecule has 0 radical (unpaired) electrons. The van der Waals surface area contributed by atoms with Crippen molar-refractivity contribution in [2.24, 2.45) is 5.73 Å². The largest absolute Gasteiger partial charge is 0.490 e. The lowest BCUT2D eigenvalue weighted by Crippen LogP contribution is -2.45. The summed E-state index contributed by atoms with van der Waals surface area (Å²) in [6.45, 7) is 3.78. The molecule has 2 aromatic rings. The molecule has 0 heterocycles. The summed E-state index contributed by atoms with van der Waals surface area (Å²) in [4.78, 5) is 24.7. The first-order chi connectivity index (χ1) is 15.3. The molecule has 1 fully saturated rings. The number of benzene rings is 2. The van der Waals surface area contributed by atoms with Crippen molar-refractivity contribution in [3.05, 3.63) is 58.6 Å². The zero-order valence-corrected chi connectivity index (χ0v) is 19.4. The van der Waals surface area contributed by atoms with Crippen LogP contribution in [-0.4, -0.2) is 30.1 Å². The van der Waals surface area contributed by atoms with E-state index in [1.54, 1.807) is 12.1 Å². The molecule has 0 aromatic heterocycles. The van der Waals surface area contributed by atoms with Crippen molar-refractivity contribution in [3.8, 4) is 11.5 Å². The van der Waals surface area contributed by atoms with Crippen LogP contribution in [0, 0.1) is 0 Å². The molecule has 2 aromatic carbocycles. The lowest BCUT2D eigenvalue weighted by molar-refractivity contribution is -0.119. The van der Waals surface area contributed by atoms with E-state index >= 15 is 0 Å². The Hall–Kier alpha value is -2.73. The van der Waals surface area contributed by atoms with Gasteiger partial charge in [-0.15, -0.1) is 0 Å². The minimum absolute atomic E-state index is 0.0362. The lowest BCUT2D eigenvalue weighted by Gasteiger charge is -2.23. The molecule has 1 atom stereocenters. The number of nitrogens with one attached hydrogen (secondary N) is 1. The molecule has 32 heavy (non-hydrogen) atoms. The summed E-state index contributed by atoms with van der Waals surface area (Å²) in [6.07, 6.45) is 6.40. The van der Waals surface area contributed by atoms with Gasteiger partial charge in [0.15, 0.2) is 0 Å². The van der Waals surface area contributed by atoms with Crippen molar-refractivity contribution in [1.29, 1.82) is 0 Å². The minimum Gasteiger partial charge on any atom is -0.490 e. The van der Waals surface area contributed by atoms with E-state index < -0.39 is 17.9 Å². The standard InChI is InChI=1S/C25H31ClN2O4/c1-16(2)31-23-13-10-18(15-21(23)26)25(30)28-22(24(27)29)14-17-8-11-20(12-9-17)32-19-6-4-3-5-7-19/h8-13,15-16,19,22H,3-7,14H2,1-2H3,(H2,27,29)(H,28,30). The monoisotopic (exact) mass is 458 g/mol. The third-order valence-electron chi connectivity index (χ3n) is 5.42. The van der Waals surface area contributed by atoms with Gasteiger partial charge in [0.25, 0.3) is 5.91 Å². The van der Waals surface area contributed by atoms with Crippen LogP contribution in [0.1, 0.15) is 61.9 Å². The van der Waals surface area contributed by atoms with E-state index in [-0.39, 0.29) is 18.6 Å². The van der Waals surface area contributed by atoms with Crippen LogP contribution < -0.4 is 20.5 Å². The van der Waals surface area contributed by atoms with E-state index in [9.17, 15) is 9.59 Å². The van der Waals surface area contributed by atoms with Gasteiger partial charge in [-0.05, 0) is 75.4 Å². The maximum atomic E-state index is 12.7. The van der Waals surface area contributed by atoms with E-state index in [1.165, 1.54) is 25.3 Å². The number of nitrogens with two attached hydrogens (primary N) is 1. The predicted octanol–water partition coefficient (Wildman–Crippen LogP) is 4.67. The first-order valence-electron chi connectivity index (χ1n) is 11.1. The highest BCUT2D eigenvalue weighted by molar-refractivity contribution is 6.32. The third kappa shape index (κ3) is 6.89. The maximum Gasteiger partial charge on any atom is 0.251 e. The summed E-state index contributed by atoms with van der Waals surface area (Å²) in [5, 5.41) is 3.03. The Balaban J connectivity index is 1.61. The number of primary amides is 1.